The molecule has 0 aliphatic heterocycles. The Bertz CT molecular complexity index is 563. The fourth-order valence-electron chi connectivity index (χ4n) is 1.76. The van der Waals surface area contributed by atoms with Gasteiger partial charge in [0.25, 0.3) is 0 Å². The number of rotatable bonds is 4. The first-order valence-corrected chi connectivity index (χ1v) is 6.33. The van der Waals surface area contributed by atoms with Crippen LogP contribution in [0.4, 0.5) is 4.39 Å². The quantitative estimate of drug-likeness (QED) is 0.921. The smallest absolute Gasteiger partial charge is 0.141 e. The Kier molecular flexibility index (Phi) is 3.06. The molecule has 0 atom stereocenters. The van der Waals surface area contributed by atoms with Crippen molar-refractivity contribution < 1.29 is 4.39 Å². The summed E-state index contributed by atoms with van der Waals surface area (Å²) in [6.45, 7) is 0.770. The van der Waals surface area contributed by atoms with E-state index < -0.39 is 5.82 Å². The molecule has 0 amide bonds. The average Bonchev–Trinajstić information content (AvgIpc) is 3.08. The highest BCUT2D eigenvalue weighted by molar-refractivity contribution is 6.30. The number of nitrogens with one attached hydrogen (secondary N) is 1. The Balaban J connectivity index is 1.76. The molecule has 1 N–H and O–H groups in total. The minimum atomic E-state index is -0.414. The molecule has 1 aliphatic carbocycles. The Morgan fingerprint density at radius 2 is 2.22 bits per heavy atom. The molecule has 3 nitrogen and oxygen atoms in total. The largest absolute Gasteiger partial charge is 0.308 e. The van der Waals surface area contributed by atoms with Gasteiger partial charge in [0.15, 0.2) is 0 Å². The van der Waals surface area contributed by atoms with Gasteiger partial charge in [-0.3, -0.25) is 0 Å². The number of nitrogens with zero attached hydrogens (tertiary/aromatic N) is 2. The monoisotopic (exact) mass is 265 g/mol. The van der Waals surface area contributed by atoms with Crippen molar-refractivity contribution in [2.75, 3.05) is 0 Å². The first-order chi connectivity index (χ1) is 8.72. The third-order valence-electron chi connectivity index (χ3n) is 2.96. The lowest BCUT2D eigenvalue weighted by molar-refractivity contribution is 0.627. The molecule has 1 heterocycles. The van der Waals surface area contributed by atoms with Gasteiger partial charge in [-0.2, -0.15) is 5.10 Å². The number of hydrogen-bond donors (Lipinski definition) is 1. The molecular formula is C13H13ClFN3. The van der Waals surface area contributed by atoms with Crippen molar-refractivity contribution in [3.8, 4) is 5.69 Å². The number of hydrogen-bond acceptors (Lipinski definition) is 2. The van der Waals surface area contributed by atoms with E-state index in [-0.39, 0.29) is 5.02 Å². The van der Waals surface area contributed by atoms with Crippen molar-refractivity contribution in [3.05, 3.63) is 47.0 Å². The van der Waals surface area contributed by atoms with Crippen LogP contribution in [-0.2, 0) is 6.54 Å². The van der Waals surface area contributed by atoms with E-state index in [1.807, 2.05) is 12.3 Å². The first-order valence-electron chi connectivity index (χ1n) is 5.96. The van der Waals surface area contributed by atoms with Crippen LogP contribution in [0.25, 0.3) is 5.69 Å². The first kappa shape index (κ1) is 11.7. The summed E-state index contributed by atoms with van der Waals surface area (Å²) in [4.78, 5) is 0. The van der Waals surface area contributed by atoms with Gasteiger partial charge < -0.3 is 5.32 Å². The number of halogens is 2. The molecule has 94 valence electrons. The molecule has 5 heteroatoms. The minimum Gasteiger partial charge on any atom is -0.308 e. The molecule has 1 aromatic heterocycles. The molecular weight excluding hydrogens is 253 g/mol. The zero-order chi connectivity index (χ0) is 12.5. The SMILES string of the molecule is Fc1ccc(-n2ccc(CNC3CC3)n2)cc1Cl. The molecule has 18 heavy (non-hydrogen) atoms. The summed E-state index contributed by atoms with van der Waals surface area (Å²) in [6, 6.07) is 7.19. The number of aromatic nitrogens is 2. The van der Waals surface area contributed by atoms with Gasteiger partial charge in [0.1, 0.15) is 5.82 Å². The standard InChI is InChI=1S/C13H13ClFN3/c14-12-7-11(3-4-13(12)15)18-6-5-10(17-18)8-16-9-1-2-9/h3-7,9,16H,1-2,8H2. The van der Waals surface area contributed by atoms with Crippen LogP contribution in [0, 0.1) is 5.82 Å². The van der Waals surface area contributed by atoms with Crippen molar-refractivity contribution in [2.45, 2.75) is 25.4 Å². The molecule has 1 fully saturated rings. The maximum Gasteiger partial charge on any atom is 0.141 e. The zero-order valence-electron chi connectivity index (χ0n) is 9.74. The third-order valence-corrected chi connectivity index (χ3v) is 3.25. The molecule has 1 aromatic carbocycles. The Labute approximate surface area is 110 Å². The Morgan fingerprint density at radius 1 is 1.39 bits per heavy atom. The molecule has 0 unspecified atom stereocenters. The van der Waals surface area contributed by atoms with Crippen LogP contribution in [0.15, 0.2) is 30.5 Å². The predicted octanol–water partition coefficient (Wildman–Crippen LogP) is 2.92. The normalized spacial score (nSPS) is 15.0. The van der Waals surface area contributed by atoms with E-state index >= 15 is 0 Å². The van der Waals surface area contributed by atoms with Gasteiger partial charge in [0.05, 0.1) is 16.4 Å². The van der Waals surface area contributed by atoms with Gasteiger partial charge in [-0.15, -0.1) is 0 Å². The lowest BCUT2D eigenvalue weighted by atomic mass is 10.3. The maximum absolute atomic E-state index is 13.1. The van der Waals surface area contributed by atoms with Gasteiger partial charge >= 0.3 is 0 Å². The lowest BCUT2D eigenvalue weighted by Crippen LogP contribution is -2.15. The van der Waals surface area contributed by atoms with E-state index in [9.17, 15) is 4.39 Å². The highest BCUT2D eigenvalue weighted by Gasteiger charge is 2.20. The van der Waals surface area contributed by atoms with Gasteiger partial charge in [0, 0.05) is 18.8 Å². The van der Waals surface area contributed by atoms with E-state index in [0.29, 0.717) is 6.04 Å². The van der Waals surface area contributed by atoms with E-state index in [4.69, 9.17) is 11.6 Å². The summed E-state index contributed by atoms with van der Waals surface area (Å²) in [6.07, 6.45) is 4.37. The van der Waals surface area contributed by atoms with Crippen LogP contribution in [-0.4, -0.2) is 15.8 Å². The second-order valence-corrected chi connectivity index (χ2v) is 4.91. The van der Waals surface area contributed by atoms with Crippen molar-refractivity contribution >= 4 is 11.6 Å². The molecule has 1 saturated carbocycles. The van der Waals surface area contributed by atoms with E-state index in [1.165, 1.54) is 18.9 Å². The van der Waals surface area contributed by atoms with Crippen LogP contribution in [0.5, 0.6) is 0 Å². The van der Waals surface area contributed by atoms with Crippen LogP contribution in [0.1, 0.15) is 18.5 Å². The summed E-state index contributed by atoms with van der Waals surface area (Å²) in [7, 11) is 0. The van der Waals surface area contributed by atoms with Crippen molar-refractivity contribution in [1.29, 1.82) is 0 Å². The zero-order valence-corrected chi connectivity index (χ0v) is 10.5. The Hall–Kier alpha value is -1.39. The molecule has 0 radical (unpaired) electrons. The van der Waals surface area contributed by atoms with Crippen molar-refractivity contribution in [1.82, 2.24) is 15.1 Å². The summed E-state index contributed by atoms with van der Waals surface area (Å²) in [5.74, 6) is -0.414. The molecule has 0 saturated heterocycles. The summed E-state index contributed by atoms with van der Waals surface area (Å²) in [5, 5.41) is 7.93. The third kappa shape index (κ3) is 2.54. The van der Waals surface area contributed by atoms with Crippen molar-refractivity contribution in [2.24, 2.45) is 0 Å². The summed E-state index contributed by atoms with van der Waals surface area (Å²) < 4.78 is 14.8. The van der Waals surface area contributed by atoms with Gasteiger partial charge in [-0.25, -0.2) is 9.07 Å². The number of benzene rings is 1. The second-order valence-electron chi connectivity index (χ2n) is 4.51. The predicted molar refractivity (Wildman–Crippen MR) is 68.4 cm³/mol. The van der Waals surface area contributed by atoms with E-state index in [0.717, 1.165) is 17.9 Å². The van der Waals surface area contributed by atoms with Gasteiger partial charge in [-0.1, -0.05) is 11.6 Å². The molecule has 2 aromatic rings. The van der Waals surface area contributed by atoms with E-state index in [1.54, 1.807) is 16.8 Å². The van der Waals surface area contributed by atoms with Crippen LogP contribution >= 0.6 is 11.6 Å². The van der Waals surface area contributed by atoms with Crippen LogP contribution < -0.4 is 5.32 Å². The maximum atomic E-state index is 13.1. The van der Waals surface area contributed by atoms with Crippen LogP contribution in [0.2, 0.25) is 5.02 Å². The summed E-state index contributed by atoms with van der Waals surface area (Å²) in [5.41, 5.74) is 1.74. The highest BCUT2D eigenvalue weighted by atomic mass is 35.5. The fourth-order valence-corrected chi connectivity index (χ4v) is 1.94. The van der Waals surface area contributed by atoms with E-state index in [2.05, 4.69) is 10.4 Å². The molecule has 0 spiro atoms. The second kappa shape index (κ2) is 4.71. The fraction of sp³-hybridized carbons (Fsp3) is 0.308. The van der Waals surface area contributed by atoms with Gasteiger partial charge in [0.2, 0.25) is 0 Å². The van der Waals surface area contributed by atoms with Gasteiger partial charge in [-0.05, 0) is 37.1 Å². The Morgan fingerprint density at radius 3 is 2.94 bits per heavy atom. The average molecular weight is 266 g/mol. The van der Waals surface area contributed by atoms with Crippen LogP contribution in [0.3, 0.4) is 0 Å². The minimum absolute atomic E-state index is 0.112. The highest BCUT2D eigenvalue weighted by Crippen LogP contribution is 2.20. The molecule has 0 bridgehead atoms. The summed E-state index contributed by atoms with van der Waals surface area (Å²) >= 11 is 5.75. The lowest BCUT2D eigenvalue weighted by Gasteiger charge is -2.03. The topological polar surface area (TPSA) is 29.9 Å². The molecule has 1 aliphatic rings. The van der Waals surface area contributed by atoms with Crippen molar-refractivity contribution in [3.63, 3.8) is 0 Å². The molecule has 3 rings (SSSR count).